The third-order valence-corrected chi connectivity index (χ3v) is 7.48. The molecule has 196 valence electrons. The highest BCUT2D eigenvalue weighted by Crippen LogP contribution is 2.32. The summed E-state index contributed by atoms with van der Waals surface area (Å²) in [7, 11) is 2.09. The van der Waals surface area contributed by atoms with Crippen LogP contribution in [0.15, 0.2) is 36.7 Å². The molecule has 6 rings (SSSR count). The minimum absolute atomic E-state index is 0.0294. The number of nitrogens with zero attached hydrogens (tertiary/aromatic N) is 7. The van der Waals surface area contributed by atoms with Crippen molar-refractivity contribution < 1.29 is 13.6 Å². The molecule has 2 aliphatic heterocycles. The van der Waals surface area contributed by atoms with E-state index in [-0.39, 0.29) is 40.7 Å². The summed E-state index contributed by atoms with van der Waals surface area (Å²) in [6.07, 6.45) is 3.56. The number of imidazole rings is 1. The standard InChI is InChI=1S/C27H28F2N8O/c1-14(2)37-15(3)32-25-20(28)7-17(8-22(25)37)24-21(29)11-31-27(34-24)33-23-6-5-16(10-30-23)26(38)36-13-18-9-19(36)12-35(18)4/h5-8,10-11,14,18-19H,9,12-13H2,1-4H3,(H,30,31,33,34). The van der Waals surface area contributed by atoms with Crippen LogP contribution in [-0.2, 0) is 0 Å². The lowest BCUT2D eigenvalue weighted by Gasteiger charge is -2.31. The fourth-order valence-corrected chi connectivity index (χ4v) is 5.68. The van der Waals surface area contributed by atoms with E-state index in [1.807, 2.05) is 30.2 Å². The lowest BCUT2D eigenvalue weighted by Crippen LogP contribution is -2.47. The number of rotatable bonds is 5. The van der Waals surface area contributed by atoms with Crippen molar-refractivity contribution in [1.29, 1.82) is 0 Å². The number of carbonyl (C=O) groups excluding carboxylic acids is 1. The van der Waals surface area contributed by atoms with Crippen molar-refractivity contribution in [2.45, 2.75) is 45.3 Å². The molecule has 5 heterocycles. The summed E-state index contributed by atoms with van der Waals surface area (Å²) in [6, 6.07) is 7.00. The Labute approximate surface area is 218 Å². The first-order valence-electron chi connectivity index (χ1n) is 12.6. The van der Waals surface area contributed by atoms with Gasteiger partial charge in [-0.15, -0.1) is 0 Å². The van der Waals surface area contributed by atoms with E-state index in [1.165, 1.54) is 12.3 Å². The van der Waals surface area contributed by atoms with Crippen molar-refractivity contribution in [2.24, 2.45) is 0 Å². The van der Waals surface area contributed by atoms with E-state index in [9.17, 15) is 13.6 Å². The van der Waals surface area contributed by atoms with Crippen LogP contribution >= 0.6 is 0 Å². The van der Waals surface area contributed by atoms with Crippen LogP contribution < -0.4 is 5.32 Å². The van der Waals surface area contributed by atoms with Crippen molar-refractivity contribution in [3.63, 3.8) is 0 Å². The smallest absolute Gasteiger partial charge is 0.255 e. The number of benzene rings is 1. The number of hydrogen-bond donors (Lipinski definition) is 1. The van der Waals surface area contributed by atoms with Gasteiger partial charge in [-0.05, 0) is 58.5 Å². The SMILES string of the molecule is Cc1nc2c(F)cc(-c3nc(Nc4ccc(C(=O)N5CC6CC5CN6C)cn4)ncc3F)cc2n1C(C)C. The molecule has 1 N–H and O–H groups in total. The second-order valence-electron chi connectivity index (χ2n) is 10.3. The Balaban J connectivity index is 1.25. The molecular formula is C27H28F2N8O. The number of amides is 1. The number of halogens is 2. The molecule has 2 aliphatic rings. The lowest BCUT2D eigenvalue weighted by molar-refractivity contribution is 0.0650. The lowest BCUT2D eigenvalue weighted by atomic mass is 10.1. The summed E-state index contributed by atoms with van der Waals surface area (Å²) in [5.41, 5.74) is 1.55. The van der Waals surface area contributed by atoms with Gasteiger partial charge in [0.15, 0.2) is 11.6 Å². The van der Waals surface area contributed by atoms with Gasteiger partial charge in [-0.1, -0.05) is 0 Å². The monoisotopic (exact) mass is 518 g/mol. The van der Waals surface area contributed by atoms with Gasteiger partial charge in [0.2, 0.25) is 5.95 Å². The summed E-state index contributed by atoms with van der Waals surface area (Å²) in [6.45, 7) is 7.39. The van der Waals surface area contributed by atoms with Crippen LogP contribution in [0.4, 0.5) is 20.5 Å². The first-order chi connectivity index (χ1) is 18.2. The number of aryl methyl sites for hydroxylation is 1. The number of likely N-dealkylation sites (tertiary alicyclic amines) is 2. The number of fused-ring (bicyclic) bond motifs is 3. The zero-order chi connectivity index (χ0) is 26.7. The maximum absolute atomic E-state index is 15.0. The van der Waals surface area contributed by atoms with Gasteiger partial charge >= 0.3 is 0 Å². The van der Waals surface area contributed by atoms with Crippen molar-refractivity contribution in [3.8, 4) is 11.3 Å². The van der Waals surface area contributed by atoms with Gasteiger partial charge in [0.05, 0.1) is 17.3 Å². The van der Waals surface area contributed by atoms with Gasteiger partial charge in [-0.3, -0.25) is 9.69 Å². The van der Waals surface area contributed by atoms with E-state index in [1.54, 1.807) is 18.2 Å². The highest BCUT2D eigenvalue weighted by Gasteiger charge is 2.43. The van der Waals surface area contributed by atoms with E-state index >= 15 is 0 Å². The summed E-state index contributed by atoms with van der Waals surface area (Å²) < 4.78 is 31.7. The number of nitrogens with one attached hydrogen (secondary N) is 1. The molecule has 3 aromatic heterocycles. The van der Waals surface area contributed by atoms with Gasteiger partial charge in [0.1, 0.15) is 22.9 Å². The molecule has 0 spiro atoms. The molecule has 0 radical (unpaired) electrons. The van der Waals surface area contributed by atoms with Gasteiger partial charge in [-0.25, -0.2) is 28.7 Å². The first kappa shape index (κ1) is 24.4. The van der Waals surface area contributed by atoms with Crippen molar-refractivity contribution >= 4 is 28.7 Å². The third kappa shape index (κ3) is 4.07. The highest BCUT2D eigenvalue weighted by molar-refractivity contribution is 5.94. The van der Waals surface area contributed by atoms with E-state index < -0.39 is 11.6 Å². The zero-order valence-electron chi connectivity index (χ0n) is 21.6. The maximum atomic E-state index is 15.0. The molecule has 38 heavy (non-hydrogen) atoms. The summed E-state index contributed by atoms with van der Waals surface area (Å²) >= 11 is 0. The summed E-state index contributed by atoms with van der Waals surface area (Å²) in [5.74, 6) is -0.0837. The number of aromatic nitrogens is 5. The van der Waals surface area contributed by atoms with Crippen molar-refractivity contribution in [3.05, 3.63) is 59.7 Å². The quantitative estimate of drug-likeness (QED) is 0.421. The minimum atomic E-state index is -0.680. The molecule has 0 saturated carbocycles. The Hall–Kier alpha value is -3.99. The van der Waals surface area contributed by atoms with Crippen LogP contribution in [0.2, 0.25) is 0 Å². The predicted molar refractivity (Wildman–Crippen MR) is 139 cm³/mol. The second-order valence-corrected chi connectivity index (χ2v) is 10.3. The second kappa shape index (κ2) is 9.09. The van der Waals surface area contributed by atoms with Gasteiger partial charge in [0.25, 0.3) is 5.91 Å². The molecule has 11 heteroatoms. The van der Waals surface area contributed by atoms with Crippen LogP contribution in [0.3, 0.4) is 0 Å². The van der Waals surface area contributed by atoms with Crippen molar-refractivity contribution in [2.75, 3.05) is 25.5 Å². The Morgan fingerprint density at radius 3 is 2.53 bits per heavy atom. The Bertz CT molecular complexity index is 1550. The number of carbonyl (C=O) groups is 1. The van der Waals surface area contributed by atoms with Crippen LogP contribution in [0.25, 0.3) is 22.3 Å². The topological polar surface area (TPSA) is 92.1 Å². The predicted octanol–water partition coefficient (Wildman–Crippen LogP) is 4.33. The first-order valence-corrected chi connectivity index (χ1v) is 12.6. The van der Waals surface area contributed by atoms with Gasteiger partial charge in [-0.2, -0.15) is 0 Å². The van der Waals surface area contributed by atoms with Crippen LogP contribution in [0, 0.1) is 18.6 Å². The number of piperazine rings is 1. The molecule has 4 aromatic rings. The molecule has 2 bridgehead atoms. The van der Waals surface area contributed by atoms with Crippen LogP contribution in [-0.4, -0.2) is 72.4 Å². The molecule has 2 atom stereocenters. The van der Waals surface area contributed by atoms with Crippen LogP contribution in [0.1, 0.15) is 42.5 Å². The number of anilines is 2. The molecule has 9 nitrogen and oxygen atoms in total. The number of hydrogen-bond acceptors (Lipinski definition) is 7. The number of pyridine rings is 1. The molecule has 2 unspecified atom stereocenters. The molecule has 1 amide bonds. The van der Waals surface area contributed by atoms with E-state index in [4.69, 9.17) is 0 Å². The maximum Gasteiger partial charge on any atom is 0.255 e. The molecule has 1 aromatic carbocycles. The fourth-order valence-electron chi connectivity index (χ4n) is 5.68. The summed E-state index contributed by atoms with van der Waals surface area (Å²) in [5, 5.41) is 2.95. The van der Waals surface area contributed by atoms with Gasteiger partial charge in [0, 0.05) is 43.0 Å². The zero-order valence-corrected chi connectivity index (χ0v) is 21.6. The summed E-state index contributed by atoms with van der Waals surface area (Å²) in [4.78, 5) is 34.2. The van der Waals surface area contributed by atoms with E-state index in [2.05, 4.69) is 37.2 Å². The largest absolute Gasteiger partial charge is 0.333 e. The molecule has 2 saturated heterocycles. The molecular weight excluding hydrogens is 490 g/mol. The average Bonchev–Trinajstić information content (AvgIpc) is 3.57. The van der Waals surface area contributed by atoms with E-state index in [0.717, 1.165) is 25.7 Å². The Morgan fingerprint density at radius 2 is 1.87 bits per heavy atom. The third-order valence-electron chi connectivity index (χ3n) is 7.48. The van der Waals surface area contributed by atoms with Crippen LogP contribution in [0.5, 0.6) is 0 Å². The van der Waals surface area contributed by atoms with Crippen molar-refractivity contribution in [1.82, 2.24) is 34.3 Å². The minimum Gasteiger partial charge on any atom is -0.333 e. The highest BCUT2D eigenvalue weighted by atomic mass is 19.1. The Kier molecular flexibility index (Phi) is 5.82. The molecule has 0 aliphatic carbocycles. The normalized spacial score (nSPS) is 19.2. The Morgan fingerprint density at radius 1 is 1.05 bits per heavy atom. The van der Waals surface area contributed by atoms with E-state index in [0.29, 0.717) is 28.8 Å². The van der Waals surface area contributed by atoms with Gasteiger partial charge < -0.3 is 14.8 Å². The molecule has 2 fully saturated rings. The fraction of sp³-hybridized carbons (Fsp3) is 0.370. The average molecular weight is 519 g/mol. The number of likely N-dealkylation sites (N-methyl/N-ethyl adjacent to an activating group) is 1.